The highest BCUT2D eigenvalue weighted by Gasteiger charge is 2.35. The van der Waals surface area contributed by atoms with E-state index in [4.69, 9.17) is 14.2 Å². The summed E-state index contributed by atoms with van der Waals surface area (Å²) in [6.45, 7) is 4.52. The molecule has 0 radical (unpaired) electrons. The predicted molar refractivity (Wildman–Crippen MR) is 83.7 cm³/mol. The lowest BCUT2D eigenvalue weighted by Gasteiger charge is -2.45. The van der Waals surface area contributed by atoms with Crippen LogP contribution in [-0.2, 0) is 9.47 Å². The zero-order valence-corrected chi connectivity index (χ0v) is 14.1. The van der Waals surface area contributed by atoms with Crippen molar-refractivity contribution in [2.45, 2.75) is 6.04 Å². The van der Waals surface area contributed by atoms with E-state index in [0.29, 0.717) is 30.0 Å². The third kappa shape index (κ3) is 4.16. The predicted octanol–water partition coefficient (Wildman–Crippen LogP) is 0.571. The fourth-order valence-corrected chi connectivity index (χ4v) is 3.03. The number of hydrogen-bond acceptors (Lipinski definition) is 7. The number of ether oxygens (including phenoxy) is 3. The molecule has 8 heteroatoms. The van der Waals surface area contributed by atoms with Crippen LogP contribution >= 0.6 is 11.5 Å². The number of aromatic nitrogens is 1. The van der Waals surface area contributed by atoms with Crippen LogP contribution in [0.5, 0.6) is 5.88 Å². The van der Waals surface area contributed by atoms with Crippen molar-refractivity contribution in [2.75, 3.05) is 60.7 Å². The summed E-state index contributed by atoms with van der Waals surface area (Å²) in [7, 11) is 4.94. The lowest BCUT2D eigenvalue weighted by molar-refractivity contribution is 0.00964. The maximum absolute atomic E-state index is 12.3. The van der Waals surface area contributed by atoms with Crippen LogP contribution < -0.4 is 4.74 Å². The number of carbonyl (C=O) groups excluding carboxylic acids is 1. The molecule has 1 aliphatic rings. The molecular weight excluding hydrogens is 306 g/mol. The molecule has 0 bridgehead atoms. The van der Waals surface area contributed by atoms with Crippen LogP contribution in [0.2, 0.25) is 0 Å². The summed E-state index contributed by atoms with van der Waals surface area (Å²) in [5.41, 5.74) is 0. The number of rotatable bonds is 9. The molecule has 0 aromatic carbocycles. The lowest BCUT2D eigenvalue weighted by Crippen LogP contribution is -2.61. The van der Waals surface area contributed by atoms with Gasteiger partial charge in [-0.25, -0.2) is 0 Å². The molecule has 1 saturated heterocycles. The van der Waals surface area contributed by atoms with Gasteiger partial charge in [0, 0.05) is 52.5 Å². The summed E-state index contributed by atoms with van der Waals surface area (Å²) in [5.74, 6) is 0.516. The van der Waals surface area contributed by atoms with Crippen LogP contribution in [0.4, 0.5) is 0 Å². The summed E-state index contributed by atoms with van der Waals surface area (Å²) in [6, 6.07) is 2.05. The average Bonchev–Trinajstić information content (AvgIpc) is 2.96. The van der Waals surface area contributed by atoms with Crippen molar-refractivity contribution in [1.82, 2.24) is 14.2 Å². The molecule has 1 aliphatic heterocycles. The first kappa shape index (κ1) is 17.1. The number of carbonyl (C=O) groups is 1. The molecule has 1 amide bonds. The molecule has 1 aromatic heterocycles. The van der Waals surface area contributed by atoms with Gasteiger partial charge in [0.25, 0.3) is 5.91 Å². The van der Waals surface area contributed by atoms with Crippen molar-refractivity contribution in [3.63, 3.8) is 0 Å². The zero-order chi connectivity index (χ0) is 15.9. The van der Waals surface area contributed by atoms with E-state index in [-0.39, 0.29) is 5.91 Å². The molecule has 2 rings (SSSR count). The summed E-state index contributed by atoms with van der Waals surface area (Å²) >= 11 is 1.18. The van der Waals surface area contributed by atoms with Crippen LogP contribution in [0.15, 0.2) is 6.07 Å². The van der Waals surface area contributed by atoms with Crippen molar-refractivity contribution in [3.8, 4) is 5.88 Å². The average molecular weight is 329 g/mol. The summed E-state index contributed by atoms with van der Waals surface area (Å²) in [6.07, 6.45) is 0. The second-order valence-corrected chi connectivity index (χ2v) is 5.92. The minimum absolute atomic E-state index is 0.0236. The monoisotopic (exact) mass is 329 g/mol. The van der Waals surface area contributed by atoms with Gasteiger partial charge in [0.1, 0.15) is 4.88 Å². The third-order valence-corrected chi connectivity index (χ3v) is 4.50. The SMILES string of the molecule is COCCN(CCOC)C1CN(C(=O)c2cc(OC)ns2)C1. The standard InChI is InChI=1S/C14H23N3O4S/c1-19-6-4-16(5-7-20-2)11-9-17(10-11)14(18)12-8-13(21-3)15-22-12/h8,11H,4-7,9-10H2,1-3H3. The number of hydrogen-bond donors (Lipinski definition) is 0. The Morgan fingerprint density at radius 1 is 1.32 bits per heavy atom. The van der Waals surface area contributed by atoms with Gasteiger partial charge < -0.3 is 19.1 Å². The highest BCUT2D eigenvalue weighted by atomic mass is 32.1. The first-order valence-corrected chi connectivity index (χ1v) is 7.98. The minimum atomic E-state index is 0.0236. The van der Waals surface area contributed by atoms with E-state index >= 15 is 0 Å². The largest absolute Gasteiger partial charge is 0.480 e. The molecule has 1 fully saturated rings. The van der Waals surface area contributed by atoms with Gasteiger partial charge in [-0.05, 0) is 11.5 Å². The Labute approximate surface area is 134 Å². The zero-order valence-electron chi connectivity index (χ0n) is 13.3. The van der Waals surface area contributed by atoms with Crippen molar-refractivity contribution in [2.24, 2.45) is 0 Å². The number of methoxy groups -OCH3 is 3. The van der Waals surface area contributed by atoms with E-state index in [1.165, 1.54) is 11.5 Å². The number of likely N-dealkylation sites (tertiary alicyclic amines) is 1. The Kier molecular flexibility index (Phi) is 6.56. The molecule has 0 unspecified atom stereocenters. The number of nitrogens with zero attached hydrogens (tertiary/aromatic N) is 3. The Bertz CT molecular complexity index is 468. The summed E-state index contributed by atoms with van der Waals surface area (Å²) < 4.78 is 19.4. The molecule has 2 heterocycles. The van der Waals surface area contributed by atoms with Gasteiger partial charge in [-0.3, -0.25) is 9.69 Å². The van der Waals surface area contributed by atoms with Gasteiger partial charge in [-0.15, -0.1) is 0 Å². The Morgan fingerprint density at radius 3 is 2.45 bits per heavy atom. The topological polar surface area (TPSA) is 64.1 Å². The second-order valence-electron chi connectivity index (χ2n) is 5.12. The van der Waals surface area contributed by atoms with Crippen molar-refractivity contribution < 1.29 is 19.0 Å². The normalized spacial score (nSPS) is 15.2. The first-order valence-electron chi connectivity index (χ1n) is 7.21. The maximum atomic E-state index is 12.3. The lowest BCUT2D eigenvalue weighted by atomic mass is 10.1. The van der Waals surface area contributed by atoms with Crippen LogP contribution in [0.25, 0.3) is 0 Å². The van der Waals surface area contributed by atoms with Crippen LogP contribution in [0.1, 0.15) is 9.67 Å². The van der Waals surface area contributed by atoms with Crippen LogP contribution in [-0.4, -0.2) is 86.8 Å². The molecule has 124 valence electrons. The molecule has 0 N–H and O–H groups in total. The van der Waals surface area contributed by atoms with Gasteiger partial charge in [0.15, 0.2) is 0 Å². The Hall–Kier alpha value is -1.22. The minimum Gasteiger partial charge on any atom is -0.480 e. The van der Waals surface area contributed by atoms with Crippen LogP contribution in [0, 0.1) is 0 Å². The summed E-state index contributed by atoms with van der Waals surface area (Å²) in [5, 5.41) is 0. The molecule has 0 aliphatic carbocycles. The Balaban J connectivity index is 1.84. The maximum Gasteiger partial charge on any atom is 0.265 e. The molecule has 0 spiro atoms. The van der Waals surface area contributed by atoms with Gasteiger partial charge in [0.2, 0.25) is 5.88 Å². The van der Waals surface area contributed by atoms with Gasteiger partial charge in [-0.2, -0.15) is 4.37 Å². The van der Waals surface area contributed by atoms with E-state index in [1.807, 2.05) is 4.90 Å². The fraction of sp³-hybridized carbons (Fsp3) is 0.714. The molecule has 0 atom stereocenters. The van der Waals surface area contributed by atoms with E-state index in [1.54, 1.807) is 27.4 Å². The van der Waals surface area contributed by atoms with Gasteiger partial charge in [-0.1, -0.05) is 0 Å². The molecular formula is C14H23N3O4S. The molecule has 7 nitrogen and oxygen atoms in total. The van der Waals surface area contributed by atoms with E-state index in [2.05, 4.69) is 9.27 Å². The Morgan fingerprint density at radius 2 is 1.95 bits per heavy atom. The van der Waals surface area contributed by atoms with Gasteiger partial charge >= 0.3 is 0 Å². The highest BCUT2D eigenvalue weighted by Crippen LogP contribution is 2.22. The van der Waals surface area contributed by atoms with Crippen molar-refractivity contribution in [3.05, 3.63) is 10.9 Å². The first-order chi connectivity index (χ1) is 10.7. The van der Waals surface area contributed by atoms with E-state index in [0.717, 1.165) is 26.2 Å². The second kappa shape index (κ2) is 8.42. The fourth-order valence-electron chi connectivity index (χ4n) is 2.36. The van der Waals surface area contributed by atoms with Crippen molar-refractivity contribution >= 4 is 17.4 Å². The molecule has 22 heavy (non-hydrogen) atoms. The molecule has 1 aromatic rings. The van der Waals surface area contributed by atoms with Crippen molar-refractivity contribution in [1.29, 1.82) is 0 Å². The van der Waals surface area contributed by atoms with E-state index < -0.39 is 0 Å². The quantitative estimate of drug-likeness (QED) is 0.660. The van der Waals surface area contributed by atoms with Crippen LogP contribution in [0.3, 0.4) is 0 Å². The third-order valence-electron chi connectivity index (χ3n) is 3.74. The van der Waals surface area contributed by atoms with E-state index in [9.17, 15) is 4.79 Å². The van der Waals surface area contributed by atoms with Gasteiger partial charge in [0.05, 0.1) is 20.3 Å². The smallest absolute Gasteiger partial charge is 0.265 e. The molecule has 0 saturated carbocycles. The highest BCUT2D eigenvalue weighted by molar-refractivity contribution is 7.08. The summed E-state index contributed by atoms with van der Waals surface area (Å²) in [4.78, 5) is 17.1. The number of amides is 1.